The first-order valence-electron chi connectivity index (χ1n) is 6.97. The normalized spacial score (nSPS) is 21.9. The van der Waals surface area contributed by atoms with Crippen LogP contribution in [0.3, 0.4) is 0 Å². The van der Waals surface area contributed by atoms with E-state index < -0.39 is 4.92 Å². The molecule has 6 nitrogen and oxygen atoms in total. The van der Waals surface area contributed by atoms with Crippen molar-refractivity contribution in [3.8, 4) is 0 Å². The lowest BCUT2D eigenvalue weighted by molar-refractivity contribution is -0.385. The third kappa shape index (κ3) is 3.50. The van der Waals surface area contributed by atoms with Gasteiger partial charge >= 0.3 is 0 Å². The smallest absolute Gasteiger partial charge is 0.288 e. The molecule has 1 heterocycles. The van der Waals surface area contributed by atoms with E-state index >= 15 is 0 Å². The number of halogens is 1. The number of nitrogens with zero attached hydrogens (tertiary/aromatic N) is 3. The van der Waals surface area contributed by atoms with Crippen molar-refractivity contribution in [1.82, 2.24) is 9.88 Å². The number of amides is 1. The van der Waals surface area contributed by atoms with Crippen LogP contribution in [0.4, 0.5) is 5.69 Å². The molecule has 0 N–H and O–H groups in total. The first-order chi connectivity index (χ1) is 9.90. The van der Waals surface area contributed by atoms with Gasteiger partial charge in [-0.05, 0) is 18.8 Å². The molecule has 0 aromatic carbocycles. The minimum Gasteiger partial charge on any atom is -0.339 e. The van der Waals surface area contributed by atoms with Crippen molar-refractivity contribution < 1.29 is 9.72 Å². The molecule has 1 aliphatic rings. The van der Waals surface area contributed by atoms with Gasteiger partial charge in [-0.25, -0.2) is 4.98 Å². The third-order valence-electron chi connectivity index (χ3n) is 4.04. The van der Waals surface area contributed by atoms with Crippen LogP contribution in [0.5, 0.6) is 0 Å². The van der Waals surface area contributed by atoms with Crippen LogP contribution >= 0.6 is 11.6 Å². The number of carbonyl (C=O) groups is 1. The van der Waals surface area contributed by atoms with Gasteiger partial charge in [0.05, 0.1) is 10.5 Å². The molecule has 2 atom stereocenters. The average molecular weight is 312 g/mol. The van der Waals surface area contributed by atoms with Gasteiger partial charge in [0.25, 0.3) is 11.6 Å². The van der Waals surface area contributed by atoms with Crippen molar-refractivity contribution in [2.24, 2.45) is 5.92 Å². The van der Waals surface area contributed by atoms with Gasteiger partial charge in [-0.2, -0.15) is 0 Å². The fourth-order valence-corrected chi connectivity index (χ4v) is 2.98. The molecule has 0 bridgehead atoms. The summed E-state index contributed by atoms with van der Waals surface area (Å²) in [5.74, 6) is 0.271. The maximum atomic E-state index is 12.5. The second-order valence-corrected chi connectivity index (χ2v) is 5.99. The summed E-state index contributed by atoms with van der Waals surface area (Å²) in [6.45, 7) is 2.17. The van der Waals surface area contributed by atoms with Gasteiger partial charge in [0.15, 0.2) is 0 Å². The number of pyridine rings is 1. The molecule has 1 aromatic rings. The van der Waals surface area contributed by atoms with Gasteiger partial charge in [0, 0.05) is 19.2 Å². The summed E-state index contributed by atoms with van der Waals surface area (Å²) in [5, 5.41) is 10.8. The van der Waals surface area contributed by atoms with Gasteiger partial charge in [-0.3, -0.25) is 14.9 Å². The van der Waals surface area contributed by atoms with Gasteiger partial charge < -0.3 is 4.90 Å². The van der Waals surface area contributed by atoms with Crippen molar-refractivity contribution in [2.75, 3.05) is 7.05 Å². The summed E-state index contributed by atoms with van der Waals surface area (Å²) in [7, 11) is 1.72. The van der Waals surface area contributed by atoms with E-state index in [1.54, 1.807) is 11.9 Å². The van der Waals surface area contributed by atoms with Crippen LogP contribution in [0.2, 0.25) is 5.15 Å². The Balaban J connectivity index is 2.22. The van der Waals surface area contributed by atoms with Crippen molar-refractivity contribution in [1.29, 1.82) is 0 Å². The minimum atomic E-state index is -0.581. The molecular formula is C14H18ClN3O3. The lowest BCUT2D eigenvalue weighted by Gasteiger charge is -2.34. The van der Waals surface area contributed by atoms with E-state index in [0.29, 0.717) is 5.92 Å². The molecule has 1 fully saturated rings. The van der Waals surface area contributed by atoms with E-state index in [1.807, 2.05) is 0 Å². The predicted octanol–water partition coefficient (Wildman–Crippen LogP) is 3.29. The molecule has 7 heteroatoms. The highest BCUT2D eigenvalue weighted by Crippen LogP contribution is 2.28. The van der Waals surface area contributed by atoms with Crippen LogP contribution in [-0.2, 0) is 0 Å². The van der Waals surface area contributed by atoms with Crippen LogP contribution < -0.4 is 0 Å². The highest BCUT2D eigenvalue weighted by Gasteiger charge is 2.28. The summed E-state index contributed by atoms with van der Waals surface area (Å²) in [5.41, 5.74) is -0.139. The number of aromatic nitrogens is 1. The Morgan fingerprint density at radius 2 is 2.24 bits per heavy atom. The standard InChI is InChI=1S/C14H18ClN3O3/c1-9-4-3-5-10(6-9)17(2)14(19)12-7-11(18(20)21)8-16-13(12)15/h7-10H,3-6H2,1-2H3. The van der Waals surface area contributed by atoms with Crippen LogP contribution in [0.1, 0.15) is 43.0 Å². The van der Waals surface area contributed by atoms with Crippen LogP contribution in [0.25, 0.3) is 0 Å². The Bertz CT molecular complexity index is 564. The zero-order chi connectivity index (χ0) is 15.6. The Morgan fingerprint density at radius 3 is 2.86 bits per heavy atom. The summed E-state index contributed by atoms with van der Waals surface area (Å²) < 4.78 is 0. The SMILES string of the molecule is CC1CCCC(N(C)C(=O)c2cc([N+](=O)[O-])cnc2Cl)C1. The fraction of sp³-hybridized carbons (Fsp3) is 0.571. The predicted molar refractivity (Wildman–Crippen MR) is 79.4 cm³/mol. The molecule has 21 heavy (non-hydrogen) atoms. The zero-order valence-corrected chi connectivity index (χ0v) is 12.8. The van der Waals surface area contributed by atoms with Gasteiger partial charge in [-0.15, -0.1) is 0 Å². The van der Waals surface area contributed by atoms with Gasteiger partial charge in [-0.1, -0.05) is 31.4 Å². The van der Waals surface area contributed by atoms with Gasteiger partial charge in [0.2, 0.25) is 0 Å². The minimum absolute atomic E-state index is 0.00121. The topological polar surface area (TPSA) is 76.3 Å². The first kappa shape index (κ1) is 15.7. The summed E-state index contributed by atoms with van der Waals surface area (Å²) in [6.07, 6.45) is 5.22. The Morgan fingerprint density at radius 1 is 1.52 bits per heavy atom. The Labute approximate surface area is 128 Å². The summed E-state index contributed by atoms with van der Waals surface area (Å²) in [4.78, 5) is 28.1. The first-order valence-corrected chi connectivity index (χ1v) is 7.35. The van der Waals surface area contributed by atoms with E-state index in [0.717, 1.165) is 25.5 Å². The summed E-state index contributed by atoms with van der Waals surface area (Å²) >= 11 is 5.93. The van der Waals surface area contributed by atoms with Crippen molar-refractivity contribution >= 4 is 23.2 Å². The molecule has 1 aromatic heterocycles. The van der Waals surface area contributed by atoms with E-state index in [9.17, 15) is 14.9 Å². The lowest BCUT2D eigenvalue weighted by Crippen LogP contribution is -2.40. The van der Waals surface area contributed by atoms with E-state index in [-0.39, 0.29) is 28.4 Å². The van der Waals surface area contributed by atoms with E-state index in [1.165, 1.54) is 12.5 Å². The molecule has 0 spiro atoms. The van der Waals surface area contributed by atoms with Gasteiger partial charge in [0.1, 0.15) is 11.3 Å². The Hall–Kier alpha value is -1.69. The molecule has 1 amide bonds. The molecule has 1 saturated carbocycles. The lowest BCUT2D eigenvalue weighted by atomic mass is 9.86. The van der Waals surface area contributed by atoms with Crippen LogP contribution in [0.15, 0.2) is 12.3 Å². The second kappa shape index (κ2) is 6.39. The molecule has 114 valence electrons. The quantitative estimate of drug-likeness (QED) is 0.487. The molecular weight excluding hydrogens is 294 g/mol. The zero-order valence-electron chi connectivity index (χ0n) is 12.1. The third-order valence-corrected chi connectivity index (χ3v) is 4.34. The molecule has 0 aliphatic heterocycles. The van der Waals surface area contributed by atoms with E-state index in [4.69, 9.17) is 11.6 Å². The largest absolute Gasteiger partial charge is 0.339 e. The summed E-state index contributed by atoms with van der Waals surface area (Å²) in [6, 6.07) is 1.34. The number of carbonyl (C=O) groups excluding carboxylic acids is 1. The molecule has 0 radical (unpaired) electrons. The average Bonchev–Trinajstić information content (AvgIpc) is 2.46. The maximum absolute atomic E-state index is 12.5. The highest BCUT2D eigenvalue weighted by atomic mass is 35.5. The van der Waals surface area contributed by atoms with Crippen molar-refractivity contribution in [3.63, 3.8) is 0 Å². The van der Waals surface area contributed by atoms with E-state index in [2.05, 4.69) is 11.9 Å². The number of rotatable bonds is 3. The van der Waals surface area contributed by atoms with Crippen molar-refractivity contribution in [2.45, 2.75) is 38.6 Å². The van der Waals surface area contributed by atoms with Crippen LogP contribution in [-0.4, -0.2) is 33.8 Å². The maximum Gasteiger partial charge on any atom is 0.288 e. The number of hydrogen-bond acceptors (Lipinski definition) is 4. The fourth-order valence-electron chi connectivity index (χ4n) is 2.80. The highest BCUT2D eigenvalue weighted by molar-refractivity contribution is 6.32. The molecule has 2 unspecified atom stereocenters. The van der Waals surface area contributed by atoms with Crippen molar-refractivity contribution in [3.05, 3.63) is 33.1 Å². The monoisotopic (exact) mass is 311 g/mol. The van der Waals surface area contributed by atoms with Crippen LogP contribution in [0, 0.1) is 16.0 Å². The molecule has 2 rings (SSSR count). The number of nitro groups is 1. The Kier molecular flexibility index (Phi) is 4.77. The number of hydrogen-bond donors (Lipinski definition) is 0. The second-order valence-electron chi connectivity index (χ2n) is 5.63. The molecule has 1 aliphatic carbocycles. The molecule has 0 saturated heterocycles.